The maximum Gasteiger partial charge on any atom is 0.137 e. The van der Waals surface area contributed by atoms with Gasteiger partial charge in [-0.15, -0.1) is 0 Å². The smallest absolute Gasteiger partial charge is 0.137 e. The Morgan fingerprint density at radius 3 is 2.52 bits per heavy atom. The van der Waals surface area contributed by atoms with Crippen LogP contribution in [-0.4, -0.2) is 37.5 Å². The Labute approximate surface area is 128 Å². The van der Waals surface area contributed by atoms with Crippen LogP contribution in [0, 0.1) is 5.92 Å². The lowest BCUT2D eigenvalue weighted by atomic mass is 9.99. The van der Waals surface area contributed by atoms with Crippen LogP contribution in [0.2, 0.25) is 0 Å². The number of piperidine rings is 1. The molecule has 1 aromatic rings. The van der Waals surface area contributed by atoms with Gasteiger partial charge in [0.25, 0.3) is 0 Å². The van der Waals surface area contributed by atoms with Crippen molar-refractivity contribution in [3.05, 3.63) is 29.8 Å². The molecule has 1 fully saturated rings. The van der Waals surface area contributed by atoms with Gasteiger partial charge >= 0.3 is 0 Å². The third-order valence-corrected chi connectivity index (χ3v) is 4.41. The van der Waals surface area contributed by atoms with Crippen LogP contribution in [0.1, 0.15) is 38.7 Å². The Morgan fingerprint density at radius 2 is 1.90 bits per heavy atom. The summed E-state index contributed by atoms with van der Waals surface area (Å²) < 4.78 is 5.70. The van der Waals surface area contributed by atoms with Crippen LogP contribution < -0.4 is 9.64 Å². The molecule has 1 atom stereocenters. The second-order valence-corrected chi connectivity index (χ2v) is 6.50. The van der Waals surface area contributed by atoms with Gasteiger partial charge in [-0.2, -0.15) is 0 Å². The minimum atomic E-state index is -0.372. The topological polar surface area (TPSA) is 33.9 Å². The van der Waals surface area contributed by atoms with E-state index in [0.717, 1.165) is 31.1 Å². The number of hydrogen-bond donors (Lipinski definition) is 2. The SMILES string of the molecule is CCCc1ccc(OC[C@H](O)C[NH+]2CCC(C)CC2)cc1. The number of aliphatic hydroxyl groups excluding tert-OH is 1. The summed E-state index contributed by atoms with van der Waals surface area (Å²) in [5.41, 5.74) is 1.34. The van der Waals surface area contributed by atoms with E-state index in [0.29, 0.717) is 6.61 Å². The summed E-state index contributed by atoms with van der Waals surface area (Å²) in [6, 6.07) is 8.24. The monoisotopic (exact) mass is 292 g/mol. The highest BCUT2D eigenvalue weighted by atomic mass is 16.5. The second-order valence-electron chi connectivity index (χ2n) is 6.50. The largest absolute Gasteiger partial charge is 0.491 e. The van der Waals surface area contributed by atoms with Gasteiger partial charge in [0.05, 0.1) is 13.1 Å². The van der Waals surface area contributed by atoms with E-state index in [4.69, 9.17) is 4.74 Å². The van der Waals surface area contributed by atoms with Gasteiger partial charge in [0.2, 0.25) is 0 Å². The Balaban J connectivity index is 1.69. The van der Waals surface area contributed by atoms with Crippen molar-refractivity contribution in [1.29, 1.82) is 0 Å². The van der Waals surface area contributed by atoms with E-state index < -0.39 is 0 Å². The molecule has 0 saturated carbocycles. The maximum atomic E-state index is 10.1. The molecule has 0 bridgehead atoms. The first-order chi connectivity index (χ1) is 10.2. The predicted octanol–water partition coefficient (Wildman–Crippen LogP) is 1.69. The highest BCUT2D eigenvalue weighted by Gasteiger charge is 2.21. The minimum absolute atomic E-state index is 0.372. The molecule has 0 radical (unpaired) electrons. The van der Waals surface area contributed by atoms with E-state index in [9.17, 15) is 5.11 Å². The van der Waals surface area contributed by atoms with Crippen molar-refractivity contribution < 1.29 is 14.7 Å². The van der Waals surface area contributed by atoms with Crippen LogP contribution >= 0.6 is 0 Å². The fraction of sp³-hybridized carbons (Fsp3) is 0.667. The fourth-order valence-electron chi connectivity index (χ4n) is 3.00. The van der Waals surface area contributed by atoms with Crippen LogP contribution in [0.25, 0.3) is 0 Å². The van der Waals surface area contributed by atoms with Crippen molar-refractivity contribution in [3.8, 4) is 5.75 Å². The summed E-state index contributed by atoms with van der Waals surface area (Å²) in [4.78, 5) is 1.52. The number of nitrogens with one attached hydrogen (secondary N) is 1. The first-order valence-corrected chi connectivity index (χ1v) is 8.40. The summed E-state index contributed by atoms with van der Waals surface area (Å²) in [5, 5.41) is 10.1. The lowest BCUT2D eigenvalue weighted by Crippen LogP contribution is -3.14. The van der Waals surface area contributed by atoms with Crippen molar-refractivity contribution in [1.82, 2.24) is 0 Å². The van der Waals surface area contributed by atoms with Gasteiger partial charge in [-0.1, -0.05) is 32.4 Å². The molecule has 1 aromatic carbocycles. The third-order valence-electron chi connectivity index (χ3n) is 4.41. The molecule has 1 aliphatic heterocycles. The van der Waals surface area contributed by atoms with Gasteiger partial charge in [-0.25, -0.2) is 0 Å². The van der Waals surface area contributed by atoms with Gasteiger partial charge in [-0.05, 0) is 42.9 Å². The van der Waals surface area contributed by atoms with Gasteiger partial charge < -0.3 is 14.7 Å². The number of likely N-dealkylation sites (tertiary alicyclic amines) is 1. The molecule has 1 aliphatic rings. The molecule has 1 saturated heterocycles. The molecular weight excluding hydrogens is 262 g/mol. The molecule has 1 heterocycles. The summed E-state index contributed by atoms with van der Waals surface area (Å²) in [7, 11) is 0. The quantitative estimate of drug-likeness (QED) is 0.802. The Hall–Kier alpha value is -1.06. The zero-order chi connectivity index (χ0) is 15.1. The molecule has 3 heteroatoms. The van der Waals surface area contributed by atoms with Crippen LogP contribution in [0.4, 0.5) is 0 Å². The maximum absolute atomic E-state index is 10.1. The van der Waals surface area contributed by atoms with E-state index in [2.05, 4.69) is 26.0 Å². The fourth-order valence-corrected chi connectivity index (χ4v) is 3.00. The van der Waals surface area contributed by atoms with Crippen molar-refractivity contribution in [2.24, 2.45) is 5.92 Å². The summed E-state index contributed by atoms with van der Waals surface area (Å²) in [6.07, 6.45) is 4.46. The molecule has 3 nitrogen and oxygen atoms in total. The normalized spacial score (nSPS) is 23.8. The molecular formula is C18H30NO2+. The first-order valence-electron chi connectivity index (χ1n) is 8.40. The average Bonchev–Trinajstić information content (AvgIpc) is 2.49. The molecule has 118 valence electrons. The van der Waals surface area contributed by atoms with E-state index in [1.165, 1.54) is 36.4 Å². The molecule has 0 aromatic heterocycles. The Morgan fingerprint density at radius 1 is 1.24 bits per heavy atom. The lowest BCUT2D eigenvalue weighted by Gasteiger charge is -2.28. The molecule has 0 unspecified atom stereocenters. The first kappa shape index (κ1) is 16.3. The highest BCUT2D eigenvalue weighted by Crippen LogP contribution is 2.13. The van der Waals surface area contributed by atoms with Crippen molar-refractivity contribution in [2.75, 3.05) is 26.2 Å². The summed E-state index contributed by atoms with van der Waals surface area (Å²) >= 11 is 0. The molecule has 0 spiro atoms. The zero-order valence-electron chi connectivity index (χ0n) is 13.5. The molecule has 2 N–H and O–H groups in total. The van der Waals surface area contributed by atoms with Crippen molar-refractivity contribution >= 4 is 0 Å². The zero-order valence-corrected chi connectivity index (χ0v) is 13.5. The lowest BCUT2D eigenvalue weighted by molar-refractivity contribution is -0.909. The van der Waals surface area contributed by atoms with Gasteiger partial charge in [0.1, 0.15) is 25.0 Å². The van der Waals surface area contributed by atoms with Crippen LogP contribution in [0.5, 0.6) is 5.75 Å². The summed E-state index contributed by atoms with van der Waals surface area (Å²) in [5.74, 6) is 1.71. The average molecular weight is 292 g/mol. The number of ether oxygens (including phenoxy) is 1. The summed E-state index contributed by atoms with van der Waals surface area (Å²) in [6.45, 7) is 8.07. The van der Waals surface area contributed by atoms with E-state index in [1.54, 1.807) is 0 Å². The number of aryl methyl sites for hydroxylation is 1. The number of quaternary nitrogens is 1. The van der Waals surface area contributed by atoms with E-state index >= 15 is 0 Å². The standard InChI is InChI=1S/C18H29NO2/c1-3-4-16-5-7-18(8-6-16)21-14-17(20)13-19-11-9-15(2)10-12-19/h5-8,15,17,20H,3-4,9-14H2,1-2H3/p+1/t17-/m1/s1. The van der Waals surface area contributed by atoms with E-state index in [1.807, 2.05) is 12.1 Å². The van der Waals surface area contributed by atoms with Gasteiger partial charge in [0.15, 0.2) is 0 Å². The molecule has 0 aliphatic carbocycles. The van der Waals surface area contributed by atoms with Crippen LogP contribution in [0.3, 0.4) is 0 Å². The van der Waals surface area contributed by atoms with Crippen molar-refractivity contribution in [2.45, 2.75) is 45.6 Å². The Bertz CT molecular complexity index is 396. The van der Waals surface area contributed by atoms with Gasteiger partial charge in [0, 0.05) is 0 Å². The van der Waals surface area contributed by atoms with Gasteiger partial charge in [-0.3, -0.25) is 0 Å². The molecule has 2 rings (SSSR count). The Kier molecular flexibility index (Phi) is 6.52. The van der Waals surface area contributed by atoms with Crippen molar-refractivity contribution in [3.63, 3.8) is 0 Å². The van der Waals surface area contributed by atoms with Crippen LogP contribution in [0.15, 0.2) is 24.3 Å². The predicted molar refractivity (Wildman–Crippen MR) is 85.9 cm³/mol. The number of hydrogen-bond acceptors (Lipinski definition) is 2. The van der Waals surface area contributed by atoms with E-state index in [-0.39, 0.29) is 6.10 Å². The van der Waals surface area contributed by atoms with Crippen LogP contribution in [-0.2, 0) is 6.42 Å². The minimum Gasteiger partial charge on any atom is -0.491 e. The number of rotatable bonds is 7. The number of aliphatic hydroxyl groups is 1. The molecule has 0 amide bonds. The number of benzene rings is 1. The highest BCUT2D eigenvalue weighted by molar-refractivity contribution is 5.27. The molecule has 21 heavy (non-hydrogen) atoms. The second kappa shape index (κ2) is 8.40. The third kappa shape index (κ3) is 5.68.